The topological polar surface area (TPSA) is 55.7 Å². The summed E-state index contributed by atoms with van der Waals surface area (Å²) in [5, 5.41) is 3.48. The summed E-state index contributed by atoms with van der Waals surface area (Å²) in [4.78, 5) is 27.4. The molecule has 4 nitrogen and oxygen atoms in total. The first kappa shape index (κ1) is 14.8. The number of rotatable bonds is 9. The maximum absolute atomic E-state index is 11.4. The number of hydrogen-bond donors (Lipinski definition) is 0. The third-order valence-electron chi connectivity index (χ3n) is 2.45. The Morgan fingerprint density at radius 1 is 1.38 bits per heavy atom. The van der Waals surface area contributed by atoms with Crippen LogP contribution in [0.1, 0.15) is 46.5 Å². The summed E-state index contributed by atoms with van der Waals surface area (Å²) in [5.74, 6) is 0.335. The highest BCUT2D eigenvalue weighted by atomic mass is 16.6. The Labute approximate surface area is 97.0 Å². The van der Waals surface area contributed by atoms with Gasteiger partial charge in [-0.05, 0) is 19.8 Å². The Morgan fingerprint density at radius 2 is 2.06 bits per heavy atom. The van der Waals surface area contributed by atoms with Gasteiger partial charge in [-0.15, -0.1) is 0 Å². The lowest BCUT2D eigenvalue weighted by Gasteiger charge is -2.06. The van der Waals surface area contributed by atoms with Crippen LogP contribution in [0.5, 0.6) is 0 Å². The van der Waals surface area contributed by atoms with Gasteiger partial charge in [0.1, 0.15) is 5.78 Å². The van der Waals surface area contributed by atoms with Crippen LogP contribution in [0.3, 0.4) is 0 Å². The lowest BCUT2D eigenvalue weighted by molar-refractivity contribution is -0.124. The van der Waals surface area contributed by atoms with Gasteiger partial charge in [0.15, 0.2) is 12.4 Å². The molecule has 0 radical (unpaired) electrons. The van der Waals surface area contributed by atoms with Crippen LogP contribution in [0.4, 0.5) is 0 Å². The van der Waals surface area contributed by atoms with Crippen molar-refractivity contribution in [1.82, 2.24) is 0 Å². The summed E-state index contributed by atoms with van der Waals surface area (Å²) in [6.07, 6.45) is 3.83. The molecule has 0 fully saturated rings. The van der Waals surface area contributed by atoms with Crippen LogP contribution in [0.15, 0.2) is 5.16 Å². The minimum Gasteiger partial charge on any atom is -0.388 e. The van der Waals surface area contributed by atoms with E-state index in [2.05, 4.69) is 5.16 Å². The molecule has 0 heterocycles. The molecule has 0 aromatic carbocycles. The molecule has 0 rings (SSSR count). The average molecular weight is 227 g/mol. The molecule has 16 heavy (non-hydrogen) atoms. The van der Waals surface area contributed by atoms with Crippen LogP contribution in [0, 0.1) is 5.92 Å². The maximum Gasteiger partial charge on any atom is 0.175 e. The summed E-state index contributed by atoms with van der Waals surface area (Å²) < 4.78 is 0. The predicted molar refractivity (Wildman–Crippen MR) is 63.4 cm³/mol. The van der Waals surface area contributed by atoms with Gasteiger partial charge in [0.2, 0.25) is 0 Å². The van der Waals surface area contributed by atoms with Crippen molar-refractivity contribution in [2.45, 2.75) is 46.5 Å². The maximum atomic E-state index is 11.4. The van der Waals surface area contributed by atoms with E-state index in [0.29, 0.717) is 19.3 Å². The number of Topliss-reactive ketones (excluding diaryl/α,β-unsaturated/α-hetero) is 2. The second-order valence-electron chi connectivity index (χ2n) is 3.80. The van der Waals surface area contributed by atoms with E-state index in [1.54, 1.807) is 6.92 Å². The van der Waals surface area contributed by atoms with E-state index < -0.39 is 0 Å². The van der Waals surface area contributed by atoms with Crippen molar-refractivity contribution in [2.75, 3.05) is 6.61 Å². The molecule has 0 spiro atoms. The summed E-state index contributed by atoms with van der Waals surface area (Å²) in [6.45, 7) is 5.63. The largest absolute Gasteiger partial charge is 0.388 e. The van der Waals surface area contributed by atoms with Crippen molar-refractivity contribution >= 4 is 17.8 Å². The molecule has 4 heteroatoms. The Bertz CT molecular complexity index is 249. The van der Waals surface area contributed by atoms with Crippen molar-refractivity contribution in [3.63, 3.8) is 0 Å². The van der Waals surface area contributed by atoms with Crippen LogP contribution in [0.2, 0.25) is 0 Å². The molecule has 0 amide bonds. The number of carbonyl (C=O) groups is 2. The molecule has 0 saturated carbocycles. The first-order valence-electron chi connectivity index (χ1n) is 5.76. The molecule has 0 aromatic rings. The van der Waals surface area contributed by atoms with Crippen molar-refractivity contribution < 1.29 is 14.4 Å². The number of ketones is 2. The minimum absolute atomic E-state index is 0.00185. The first-order chi connectivity index (χ1) is 7.61. The van der Waals surface area contributed by atoms with Gasteiger partial charge in [-0.25, -0.2) is 0 Å². The molecule has 0 aromatic heterocycles. The van der Waals surface area contributed by atoms with E-state index in [-0.39, 0.29) is 24.1 Å². The fraction of sp³-hybridized carbons (Fsp3) is 0.750. The normalized spacial score (nSPS) is 12.7. The van der Waals surface area contributed by atoms with Crippen molar-refractivity contribution in [2.24, 2.45) is 11.1 Å². The molecule has 1 atom stereocenters. The summed E-state index contributed by atoms with van der Waals surface area (Å²) >= 11 is 0. The zero-order valence-corrected chi connectivity index (χ0v) is 10.4. The zero-order valence-electron chi connectivity index (χ0n) is 10.4. The quantitative estimate of drug-likeness (QED) is 0.449. The molecule has 0 aliphatic rings. The highest BCUT2D eigenvalue weighted by Crippen LogP contribution is 2.08. The van der Waals surface area contributed by atoms with Gasteiger partial charge in [-0.3, -0.25) is 9.59 Å². The minimum atomic E-state index is -0.0115. The summed E-state index contributed by atoms with van der Waals surface area (Å²) in [6, 6.07) is 0. The Morgan fingerprint density at radius 3 is 2.62 bits per heavy atom. The lowest BCUT2D eigenvalue weighted by Crippen LogP contribution is -2.11. The third kappa shape index (κ3) is 7.15. The second kappa shape index (κ2) is 9.07. The second-order valence-corrected chi connectivity index (χ2v) is 3.80. The average Bonchev–Trinajstić information content (AvgIpc) is 2.28. The van der Waals surface area contributed by atoms with Gasteiger partial charge >= 0.3 is 0 Å². The van der Waals surface area contributed by atoms with Crippen molar-refractivity contribution in [3.8, 4) is 0 Å². The number of hydrogen-bond acceptors (Lipinski definition) is 4. The Hall–Kier alpha value is -1.19. The fourth-order valence-corrected chi connectivity index (χ4v) is 1.19. The number of carbonyl (C=O) groups excluding carboxylic acids is 2. The predicted octanol–water partition coefficient (Wildman–Crippen LogP) is 2.36. The van der Waals surface area contributed by atoms with Gasteiger partial charge < -0.3 is 4.84 Å². The molecule has 0 bridgehead atoms. The first-order valence-corrected chi connectivity index (χ1v) is 5.76. The molecule has 0 aliphatic carbocycles. The van der Waals surface area contributed by atoms with Gasteiger partial charge in [-0.2, -0.15) is 0 Å². The lowest BCUT2D eigenvalue weighted by atomic mass is 9.99. The molecule has 1 unspecified atom stereocenters. The van der Waals surface area contributed by atoms with Gasteiger partial charge in [0.05, 0.1) is 0 Å². The highest BCUT2D eigenvalue weighted by Gasteiger charge is 2.11. The monoisotopic (exact) mass is 227 g/mol. The van der Waals surface area contributed by atoms with Crippen LogP contribution < -0.4 is 0 Å². The summed E-state index contributed by atoms with van der Waals surface area (Å²) in [7, 11) is 0. The van der Waals surface area contributed by atoms with E-state index in [0.717, 1.165) is 6.42 Å². The van der Waals surface area contributed by atoms with Gasteiger partial charge in [-0.1, -0.05) is 19.0 Å². The molecule has 92 valence electrons. The van der Waals surface area contributed by atoms with Crippen LogP contribution >= 0.6 is 0 Å². The fourth-order valence-electron chi connectivity index (χ4n) is 1.19. The number of nitrogens with zero attached hydrogens (tertiary/aromatic N) is 1. The van der Waals surface area contributed by atoms with Crippen LogP contribution in [-0.4, -0.2) is 24.4 Å². The number of oxime groups is 1. The van der Waals surface area contributed by atoms with E-state index in [4.69, 9.17) is 4.84 Å². The SMILES string of the molecule is C/C=N/OCC(=O)CCCC(=O)C(C)CC. The van der Waals surface area contributed by atoms with E-state index >= 15 is 0 Å². The van der Waals surface area contributed by atoms with Crippen LogP contribution in [0.25, 0.3) is 0 Å². The molecular formula is C12H21NO3. The van der Waals surface area contributed by atoms with E-state index in [1.807, 2.05) is 13.8 Å². The Balaban J connectivity index is 3.58. The van der Waals surface area contributed by atoms with Gasteiger partial charge in [0.25, 0.3) is 0 Å². The standard InChI is InChI=1S/C12H21NO3/c1-4-10(3)12(15)8-6-7-11(14)9-16-13-5-2/h5,10H,4,6-9H2,1-3H3/b13-5+. The molecule has 0 saturated heterocycles. The van der Waals surface area contributed by atoms with E-state index in [1.165, 1.54) is 6.21 Å². The zero-order chi connectivity index (χ0) is 12.4. The van der Waals surface area contributed by atoms with Crippen LogP contribution in [-0.2, 0) is 14.4 Å². The van der Waals surface area contributed by atoms with Crippen molar-refractivity contribution in [3.05, 3.63) is 0 Å². The molecule has 0 aliphatic heterocycles. The van der Waals surface area contributed by atoms with Crippen molar-refractivity contribution in [1.29, 1.82) is 0 Å². The Kier molecular flexibility index (Phi) is 8.39. The molecule has 0 N–H and O–H groups in total. The summed E-state index contributed by atoms with van der Waals surface area (Å²) in [5.41, 5.74) is 0. The smallest absolute Gasteiger partial charge is 0.175 e. The third-order valence-corrected chi connectivity index (χ3v) is 2.45. The van der Waals surface area contributed by atoms with E-state index in [9.17, 15) is 9.59 Å². The highest BCUT2D eigenvalue weighted by molar-refractivity contribution is 5.82. The molecular weight excluding hydrogens is 206 g/mol. The van der Waals surface area contributed by atoms with Gasteiger partial charge in [0, 0.05) is 25.0 Å².